The number of unbranched alkanes of at least 4 members (excludes halogenated alkanes) is 21. The first kappa shape index (κ1) is 44.7. The predicted molar refractivity (Wildman–Crippen MR) is 187 cm³/mol. The Morgan fingerprint density at radius 2 is 0.979 bits per heavy atom. The maximum atomic E-state index is 12.6. The van der Waals surface area contributed by atoms with Crippen LogP contribution >= 0.6 is 0 Å². The van der Waals surface area contributed by atoms with Crippen molar-refractivity contribution in [3.8, 4) is 0 Å². The van der Waals surface area contributed by atoms with Gasteiger partial charge in [0.15, 0.2) is 12.4 Å². The normalized spacial score (nSPS) is 21.7. The van der Waals surface area contributed by atoms with Crippen LogP contribution < -0.4 is 0 Å². The van der Waals surface area contributed by atoms with Crippen LogP contribution in [-0.2, 0) is 28.5 Å². The Morgan fingerprint density at radius 1 is 0.562 bits per heavy atom. The van der Waals surface area contributed by atoms with E-state index in [1.807, 2.05) is 0 Å². The Kier molecular flexibility index (Phi) is 28.4. The Balaban J connectivity index is 2.27. The molecular formula is C38H72O10. The van der Waals surface area contributed by atoms with Crippen molar-refractivity contribution in [3.63, 3.8) is 0 Å². The molecule has 48 heavy (non-hydrogen) atoms. The van der Waals surface area contributed by atoms with Crippen LogP contribution in [-0.4, -0.2) is 89.0 Å². The number of ether oxygens (including phenoxy) is 4. The molecule has 0 aromatic heterocycles. The molecular weight excluding hydrogens is 616 g/mol. The van der Waals surface area contributed by atoms with Crippen molar-refractivity contribution < 1.29 is 49.0 Å². The highest BCUT2D eigenvalue weighted by Crippen LogP contribution is 2.22. The molecule has 1 aliphatic rings. The van der Waals surface area contributed by atoms with Crippen LogP contribution in [0, 0.1) is 0 Å². The van der Waals surface area contributed by atoms with Crippen molar-refractivity contribution in [2.24, 2.45) is 0 Å². The van der Waals surface area contributed by atoms with Crippen molar-refractivity contribution in [3.05, 3.63) is 0 Å². The van der Waals surface area contributed by atoms with Gasteiger partial charge in [0.2, 0.25) is 0 Å². The van der Waals surface area contributed by atoms with E-state index in [4.69, 9.17) is 18.9 Å². The van der Waals surface area contributed by atoms with E-state index in [-0.39, 0.29) is 32.0 Å². The zero-order chi connectivity index (χ0) is 35.2. The Morgan fingerprint density at radius 3 is 1.42 bits per heavy atom. The van der Waals surface area contributed by atoms with Crippen LogP contribution in [0.2, 0.25) is 0 Å². The molecule has 0 aliphatic carbocycles. The molecule has 6 unspecified atom stereocenters. The fourth-order valence-corrected chi connectivity index (χ4v) is 6.07. The maximum absolute atomic E-state index is 12.6. The van der Waals surface area contributed by atoms with E-state index in [0.717, 1.165) is 51.4 Å². The van der Waals surface area contributed by atoms with E-state index >= 15 is 0 Å². The number of carbonyl (C=O) groups is 2. The number of esters is 2. The molecule has 0 spiro atoms. The van der Waals surface area contributed by atoms with Gasteiger partial charge in [0.05, 0.1) is 13.2 Å². The van der Waals surface area contributed by atoms with Crippen LogP contribution in [0.5, 0.6) is 0 Å². The minimum atomic E-state index is -1.59. The van der Waals surface area contributed by atoms with Gasteiger partial charge in [0.25, 0.3) is 0 Å². The molecule has 0 aromatic carbocycles. The number of rotatable bonds is 32. The summed E-state index contributed by atoms with van der Waals surface area (Å²) >= 11 is 0. The van der Waals surface area contributed by atoms with E-state index in [2.05, 4.69) is 13.8 Å². The van der Waals surface area contributed by atoms with Gasteiger partial charge in [-0.15, -0.1) is 0 Å². The number of carbonyl (C=O) groups excluding carboxylic acids is 2. The predicted octanol–water partition coefficient (Wildman–Crippen LogP) is 7.05. The maximum Gasteiger partial charge on any atom is 0.306 e. The van der Waals surface area contributed by atoms with Crippen molar-refractivity contribution in [1.29, 1.82) is 0 Å². The number of aliphatic hydroxyl groups excluding tert-OH is 4. The van der Waals surface area contributed by atoms with E-state index < -0.39 is 49.4 Å². The third-order valence-corrected chi connectivity index (χ3v) is 9.24. The Hall–Kier alpha value is -1.30. The quantitative estimate of drug-likeness (QED) is 0.0427. The summed E-state index contributed by atoms with van der Waals surface area (Å²) in [7, 11) is 0. The number of hydrogen-bond acceptors (Lipinski definition) is 10. The van der Waals surface area contributed by atoms with Crippen molar-refractivity contribution in [2.45, 2.75) is 211 Å². The van der Waals surface area contributed by atoms with Gasteiger partial charge in [0.1, 0.15) is 31.0 Å². The van der Waals surface area contributed by atoms with Gasteiger partial charge in [-0.3, -0.25) is 9.59 Å². The molecule has 0 saturated carbocycles. The second-order valence-corrected chi connectivity index (χ2v) is 13.8. The number of aliphatic hydroxyl groups is 4. The van der Waals surface area contributed by atoms with Crippen LogP contribution in [0.25, 0.3) is 0 Å². The highest BCUT2D eigenvalue weighted by Gasteiger charge is 2.44. The largest absolute Gasteiger partial charge is 0.462 e. The van der Waals surface area contributed by atoms with Gasteiger partial charge in [-0.05, 0) is 12.8 Å². The molecule has 1 rings (SSSR count). The lowest BCUT2D eigenvalue weighted by molar-refractivity contribution is -0.305. The summed E-state index contributed by atoms with van der Waals surface area (Å²) in [5, 5.41) is 39.8. The van der Waals surface area contributed by atoms with Crippen molar-refractivity contribution >= 4 is 11.9 Å². The van der Waals surface area contributed by atoms with Gasteiger partial charge in [-0.25, -0.2) is 0 Å². The summed E-state index contributed by atoms with van der Waals surface area (Å²) in [6.45, 7) is 3.33. The molecule has 284 valence electrons. The first-order chi connectivity index (χ1) is 23.3. The summed E-state index contributed by atoms with van der Waals surface area (Å²) in [5.41, 5.74) is 0. The fourth-order valence-electron chi connectivity index (χ4n) is 6.07. The van der Waals surface area contributed by atoms with Crippen LogP contribution in [0.1, 0.15) is 174 Å². The van der Waals surface area contributed by atoms with Crippen molar-refractivity contribution in [1.82, 2.24) is 0 Å². The second kappa shape index (κ2) is 30.5. The molecule has 0 bridgehead atoms. The summed E-state index contributed by atoms with van der Waals surface area (Å²) in [5.74, 6) is -0.812. The zero-order valence-electron chi connectivity index (χ0n) is 30.5. The lowest BCUT2D eigenvalue weighted by Gasteiger charge is -2.39. The first-order valence-electron chi connectivity index (χ1n) is 19.6. The van der Waals surface area contributed by atoms with Crippen LogP contribution in [0.4, 0.5) is 0 Å². The highest BCUT2D eigenvalue weighted by molar-refractivity contribution is 5.70. The minimum Gasteiger partial charge on any atom is -0.462 e. The summed E-state index contributed by atoms with van der Waals surface area (Å²) in [6, 6.07) is 0. The van der Waals surface area contributed by atoms with Crippen LogP contribution in [0.15, 0.2) is 0 Å². The molecule has 1 aliphatic heterocycles. The monoisotopic (exact) mass is 689 g/mol. The molecule has 1 heterocycles. The lowest BCUT2D eigenvalue weighted by atomic mass is 9.99. The van der Waals surface area contributed by atoms with Gasteiger partial charge in [0, 0.05) is 12.8 Å². The van der Waals surface area contributed by atoms with E-state index in [0.29, 0.717) is 6.42 Å². The molecule has 0 radical (unpaired) electrons. The molecule has 10 heteroatoms. The lowest BCUT2D eigenvalue weighted by Crippen LogP contribution is -2.59. The third kappa shape index (κ3) is 22.4. The summed E-state index contributed by atoms with van der Waals surface area (Å²) in [4.78, 5) is 24.9. The van der Waals surface area contributed by atoms with Gasteiger partial charge < -0.3 is 39.4 Å². The van der Waals surface area contributed by atoms with Crippen molar-refractivity contribution in [2.75, 3.05) is 19.8 Å². The summed E-state index contributed by atoms with van der Waals surface area (Å²) < 4.78 is 21.9. The molecule has 0 amide bonds. The Labute approximate surface area is 291 Å². The molecule has 4 N–H and O–H groups in total. The van der Waals surface area contributed by atoms with E-state index in [9.17, 15) is 30.0 Å². The van der Waals surface area contributed by atoms with E-state index in [1.54, 1.807) is 0 Å². The highest BCUT2D eigenvalue weighted by atomic mass is 16.7. The molecule has 10 nitrogen and oxygen atoms in total. The third-order valence-electron chi connectivity index (χ3n) is 9.24. The fraction of sp³-hybridized carbons (Fsp3) is 0.947. The average Bonchev–Trinajstić information content (AvgIpc) is 3.08. The average molecular weight is 689 g/mol. The number of hydrogen-bond donors (Lipinski definition) is 4. The standard InChI is InChI=1S/C38H72O10/c1-3-5-7-9-10-11-12-13-14-15-16-17-18-19-20-21-23-25-27-34(41)47-31(29-45-33(40)26-24-22-8-6-4-2)30-46-38-37(44)36(43)35(42)32(28-39)48-38/h31-32,35-39,42-44H,3-30H2,1-2H3. The Bertz CT molecular complexity index is 764. The first-order valence-corrected chi connectivity index (χ1v) is 19.6. The summed E-state index contributed by atoms with van der Waals surface area (Å²) in [6.07, 6.45) is 20.2. The SMILES string of the molecule is CCCCCCCCCCCCCCCCCCCCC(=O)OC(COC(=O)CCCCCCC)COC1OC(CO)C(O)C(O)C1O. The molecule has 0 aromatic rings. The topological polar surface area (TPSA) is 152 Å². The van der Waals surface area contributed by atoms with Gasteiger partial charge >= 0.3 is 11.9 Å². The molecule has 1 fully saturated rings. The second-order valence-electron chi connectivity index (χ2n) is 13.8. The zero-order valence-corrected chi connectivity index (χ0v) is 30.5. The molecule has 1 saturated heterocycles. The van der Waals surface area contributed by atoms with Gasteiger partial charge in [-0.1, -0.05) is 149 Å². The van der Waals surface area contributed by atoms with E-state index in [1.165, 1.54) is 89.9 Å². The molecule has 6 atom stereocenters. The van der Waals surface area contributed by atoms with Crippen LogP contribution in [0.3, 0.4) is 0 Å². The minimum absolute atomic E-state index is 0.212. The van der Waals surface area contributed by atoms with Gasteiger partial charge in [-0.2, -0.15) is 0 Å². The smallest absolute Gasteiger partial charge is 0.306 e.